The van der Waals surface area contributed by atoms with Gasteiger partial charge in [-0.15, -0.1) is 11.6 Å². The van der Waals surface area contributed by atoms with Crippen LogP contribution in [-0.4, -0.2) is 17.8 Å². The van der Waals surface area contributed by atoms with Crippen LogP contribution in [0, 0.1) is 10.1 Å². The van der Waals surface area contributed by atoms with E-state index in [1.54, 1.807) is 0 Å². The molecule has 0 radical (unpaired) electrons. The molecule has 0 spiro atoms. The number of non-ortho nitro benzene ring substituents is 1. The predicted octanol–water partition coefficient (Wildman–Crippen LogP) is 2.47. The summed E-state index contributed by atoms with van der Waals surface area (Å²) in [6.07, 6.45) is 0. The van der Waals surface area contributed by atoms with E-state index in [9.17, 15) is 14.9 Å². The third kappa shape index (κ3) is 2.49. The molecule has 0 fully saturated rings. The Bertz CT molecular complexity index is 433. The maximum atomic E-state index is 11.1. The number of rotatable bonds is 4. The molecule has 0 amide bonds. The number of nitro groups is 1. The van der Waals surface area contributed by atoms with Crippen molar-refractivity contribution in [3.63, 3.8) is 0 Å². The maximum Gasteiger partial charge on any atom is 0.273 e. The fourth-order valence-electron chi connectivity index (χ4n) is 1.24. The van der Waals surface area contributed by atoms with Gasteiger partial charge in [0.25, 0.3) is 5.69 Å². The number of nitrogens with zero attached hydrogens (tertiary/aromatic N) is 1. The van der Waals surface area contributed by atoms with Crippen LogP contribution in [0.4, 0.5) is 5.69 Å². The minimum atomic E-state index is -0.851. The van der Waals surface area contributed by atoms with Gasteiger partial charge in [-0.25, -0.2) is 0 Å². The first kappa shape index (κ1) is 12.4. The van der Waals surface area contributed by atoms with Gasteiger partial charge in [-0.3, -0.25) is 14.9 Å². The van der Waals surface area contributed by atoms with Gasteiger partial charge in [-0.05, 0) is 13.0 Å². The molecule has 0 saturated carbocycles. The van der Waals surface area contributed by atoms with Gasteiger partial charge < -0.3 is 4.74 Å². The monoisotopic (exact) mass is 243 g/mol. The number of hydrogen-bond acceptors (Lipinski definition) is 4. The van der Waals surface area contributed by atoms with Gasteiger partial charge >= 0.3 is 0 Å². The average molecular weight is 244 g/mol. The van der Waals surface area contributed by atoms with Crippen molar-refractivity contribution in [1.29, 1.82) is 0 Å². The molecular weight excluding hydrogens is 234 g/mol. The van der Waals surface area contributed by atoms with Crippen LogP contribution in [0.15, 0.2) is 18.2 Å². The first-order chi connectivity index (χ1) is 7.47. The number of benzene rings is 1. The van der Waals surface area contributed by atoms with Crippen LogP contribution in [0.1, 0.15) is 17.9 Å². The fraction of sp³-hybridized carbons (Fsp3) is 0.300. The topological polar surface area (TPSA) is 69.4 Å². The molecule has 0 saturated heterocycles. The molecule has 0 aliphatic rings. The molecule has 86 valence electrons. The van der Waals surface area contributed by atoms with Crippen LogP contribution < -0.4 is 4.74 Å². The average Bonchev–Trinajstić information content (AvgIpc) is 2.26. The molecule has 5 nitrogen and oxygen atoms in total. The van der Waals surface area contributed by atoms with Crippen LogP contribution in [0.5, 0.6) is 5.75 Å². The van der Waals surface area contributed by atoms with Gasteiger partial charge in [0.1, 0.15) is 11.1 Å². The summed E-state index contributed by atoms with van der Waals surface area (Å²) in [6, 6.07) is 3.96. The second kappa shape index (κ2) is 4.94. The fourth-order valence-corrected chi connectivity index (χ4v) is 1.42. The quantitative estimate of drug-likeness (QED) is 0.463. The van der Waals surface area contributed by atoms with Crippen LogP contribution >= 0.6 is 11.6 Å². The van der Waals surface area contributed by atoms with Crippen molar-refractivity contribution >= 4 is 23.1 Å². The molecule has 0 N–H and O–H groups in total. The Hall–Kier alpha value is -1.62. The Morgan fingerprint density at radius 3 is 2.62 bits per heavy atom. The Kier molecular flexibility index (Phi) is 3.84. The summed E-state index contributed by atoms with van der Waals surface area (Å²) in [5, 5.41) is 9.68. The van der Waals surface area contributed by atoms with Crippen molar-refractivity contribution in [2.24, 2.45) is 0 Å². The normalized spacial score (nSPS) is 11.9. The number of ketones is 1. The van der Waals surface area contributed by atoms with Gasteiger partial charge in [-0.1, -0.05) is 0 Å². The highest BCUT2D eigenvalue weighted by molar-refractivity contribution is 6.31. The molecular formula is C10H10ClNO4. The molecule has 0 heterocycles. The molecule has 0 aliphatic carbocycles. The SMILES string of the molecule is COc1cc([N+](=O)[O-])ccc1C(Cl)C(C)=O. The number of halogens is 1. The number of alkyl halides is 1. The number of carbonyl (C=O) groups excluding carboxylic acids is 1. The Labute approximate surface area is 97.1 Å². The van der Waals surface area contributed by atoms with Crippen molar-refractivity contribution in [3.8, 4) is 5.75 Å². The minimum absolute atomic E-state index is 0.104. The van der Waals surface area contributed by atoms with Gasteiger partial charge in [0.2, 0.25) is 0 Å². The van der Waals surface area contributed by atoms with Crippen LogP contribution in [0.3, 0.4) is 0 Å². The highest BCUT2D eigenvalue weighted by Gasteiger charge is 2.20. The lowest BCUT2D eigenvalue weighted by Gasteiger charge is -2.10. The molecule has 16 heavy (non-hydrogen) atoms. The number of hydrogen-bond donors (Lipinski definition) is 0. The number of methoxy groups -OCH3 is 1. The summed E-state index contributed by atoms with van der Waals surface area (Å²) in [4.78, 5) is 21.1. The molecule has 1 atom stereocenters. The standard InChI is InChI=1S/C10H10ClNO4/c1-6(13)10(11)8-4-3-7(12(14)15)5-9(8)16-2/h3-5,10H,1-2H3. The van der Waals surface area contributed by atoms with E-state index in [-0.39, 0.29) is 17.2 Å². The molecule has 0 aromatic heterocycles. The molecule has 1 unspecified atom stereocenters. The number of ether oxygens (including phenoxy) is 1. The molecule has 0 aliphatic heterocycles. The zero-order valence-electron chi connectivity index (χ0n) is 8.77. The highest BCUT2D eigenvalue weighted by atomic mass is 35.5. The Balaban J connectivity index is 3.21. The summed E-state index contributed by atoms with van der Waals surface area (Å²) < 4.78 is 4.97. The van der Waals surface area contributed by atoms with E-state index in [0.717, 1.165) is 0 Å². The van der Waals surface area contributed by atoms with Crippen molar-refractivity contribution < 1.29 is 14.5 Å². The van der Waals surface area contributed by atoms with Crippen molar-refractivity contribution in [1.82, 2.24) is 0 Å². The molecule has 6 heteroatoms. The van der Waals surface area contributed by atoms with E-state index >= 15 is 0 Å². The Morgan fingerprint density at radius 1 is 1.56 bits per heavy atom. The summed E-state index contributed by atoms with van der Waals surface area (Å²) in [5.41, 5.74) is 0.329. The van der Waals surface area contributed by atoms with Crippen LogP contribution in [-0.2, 0) is 4.79 Å². The van der Waals surface area contributed by atoms with Gasteiger partial charge in [-0.2, -0.15) is 0 Å². The van der Waals surface area contributed by atoms with Crippen LogP contribution in [0.25, 0.3) is 0 Å². The van der Waals surface area contributed by atoms with Crippen molar-refractivity contribution in [2.75, 3.05) is 7.11 Å². The smallest absolute Gasteiger partial charge is 0.273 e. The molecule has 1 aromatic carbocycles. The van der Waals surface area contributed by atoms with Gasteiger partial charge in [0.05, 0.1) is 18.1 Å². The zero-order valence-corrected chi connectivity index (χ0v) is 9.52. The highest BCUT2D eigenvalue weighted by Crippen LogP contribution is 2.33. The zero-order chi connectivity index (χ0) is 12.3. The van der Waals surface area contributed by atoms with Gasteiger partial charge in [0, 0.05) is 11.6 Å². The van der Waals surface area contributed by atoms with E-state index in [4.69, 9.17) is 16.3 Å². The first-order valence-corrected chi connectivity index (χ1v) is 4.88. The lowest BCUT2D eigenvalue weighted by molar-refractivity contribution is -0.384. The maximum absolute atomic E-state index is 11.1. The van der Waals surface area contributed by atoms with E-state index < -0.39 is 10.3 Å². The number of Topliss-reactive ketones (excluding diaryl/α,β-unsaturated/α-hetero) is 1. The molecule has 1 rings (SSSR count). The second-order valence-electron chi connectivity index (χ2n) is 3.16. The summed E-state index contributed by atoms with van der Waals surface area (Å²) in [5.74, 6) is -0.00165. The predicted molar refractivity (Wildman–Crippen MR) is 58.9 cm³/mol. The number of carbonyl (C=O) groups is 1. The molecule has 1 aromatic rings. The third-order valence-electron chi connectivity index (χ3n) is 2.06. The third-order valence-corrected chi connectivity index (χ3v) is 2.60. The minimum Gasteiger partial charge on any atom is -0.496 e. The largest absolute Gasteiger partial charge is 0.496 e. The lowest BCUT2D eigenvalue weighted by atomic mass is 10.1. The van der Waals surface area contributed by atoms with Crippen molar-refractivity contribution in [3.05, 3.63) is 33.9 Å². The van der Waals surface area contributed by atoms with E-state index in [0.29, 0.717) is 5.56 Å². The van der Waals surface area contributed by atoms with Gasteiger partial charge in [0.15, 0.2) is 5.78 Å². The summed E-state index contributed by atoms with van der Waals surface area (Å²) in [7, 11) is 1.37. The lowest BCUT2D eigenvalue weighted by Crippen LogP contribution is -2.04. The van der Waals surface area contributed by atoms with E-state index in [2.05, 4.69) is 0 Å². The van der Waals surface area contributed by atoms with E-state index in [1.807, 2.05) is 0 Å². The van der Waals surface area contributed by atoms with E-state index in [1.165, 1.54) is 32.2 Å². The second-order valence-corrected chi connectivity index (χ2v) is 3.59. The summed E-state index contributed by atoms with van der Waals surface area (Å²) >= 11 is 5.86. The Morgan fingerprint density at radius 2 is 2.19 bits per heavy atom. The molecule has 0 bridgehead atoms. The van der Waals surface area contributed by atoms with Crippen molar-refractivity contribution in [2.45, 2.75) is 12.3 Å². The number of nitro benzene ring substituents is 1. The summed E-state index contributed by atoms with van der Waals surface area (Å²) in [6.45, 7) is 1.35. The van der Waals surface area contributed by atoms with Crippen LogP contribution in [0.2, 0.25) is 0 Å². The first-order valence-electron chi connectivity index (χ1n) is 4.44.